The highest BCUT2D eigenvalue weighted by Crippen LogP contribution is 2.29. The molecule has 37 heavy (non-hydrogen) atoms. The van der Waals surface area contributed by atoms with E-state index in [2.05, 4.69) is 31.5 Å². The summed E-state index contributed by atoms with van der Waals surface area (Å²) in [5.74, 6) is -0.364. The first-order valence-electron chi connectivity index (χ1n) is 11.8. The number of anilines is 1. The minimum Gasteiger partial charge on any atom is -0.481 e. The van der Waals surface area contributed by atoms with E-state index >= 15 is 0 Å². The molecule has 0 aliphatic carbocycles. The number of likely N-dealkylation sites (N-methyl/N-ethyl adjacent to an activating group) is 1. The van der Waals surface area contributed by atoms with Gasteiger partial charge in [0, 0.05) is 48.6 Å². The molecule has 1 fully saturated rings. The lowest BCUT2D eigenvalue weighted by Crippen LogP contribution is -2.40. The Morgan fingerprint density at radius 1 is 1.11 bits per heavy atom. The number of benzene rings is 1. The molecule has 1 aromatic carbocycles. The number of nitrogens with one attached hydrogen (secondary N) is 1. The zero-order valence-corrected chi connectivity index (χ0v) is 22.5. The Morgan fingerprint density at radius 2 is 1.81 bits per heavy atom. The second-order valence-corrected chi connectivity index (χ2v) is 10.8. The van der Waals surface area contributed by atoms with Gasteiger partial charge >= 0.3 is 5.97 Å². The third kappa shape index (κ3) is 8.15. The molecule has 0 unspecified atom stereocenters. The molecule has 12 heteroatoms. The number of carboxylic acids is 1. The van der Waals surface area contributed by atoms with Gasteiger partial charge in [0.25, 0.3) is 5.91 Å². The largest absolute Gasteiger partial charge is 0.481 e. The van der Waals surface area contributed by atoms with E-state index in [9.17, 15) is 9.59 Å². The molecular formula is C25H29N5O5S2. The van der Waals surface area contributed by atoms with E-state index < -0.39 is 11.9 Å². The lowest BCUT2D eigenvalue weighted by molar-refractivity contribution is -0.136. The van der Waals surface area contributed by atoms with Crippen LogP contribution in [0.15, 0.2) is 46.7 Å². The van der Waals surface area contributed by atoms with Gasteiger partial charge in [0.1, 0.15) is 5.75 Å². The summed E-state index contributed by atoms with van der Waals surface area (Å²) >= 11 is 2.89. The Labute approximate surface area is 223 Å². The normalized spacial score (nSPS) is 14.5. The SMILES string of the molecule is CC(C)Oc1cc(C(=O)Nc2nc(CC(=O)O)cs2)cc(Oc2ccc(SN3CCN(C)CC3)cc2)n1. The monoisotopic (exact) mass is 543 g/mol. The van der Waals surface area contributed by atoms with Gasteiger partial charge in [-0.25, -0.2) is 9.29 Å². The molecule has 1 amide bonds. The molecule has 2 N–H and O–H groups in total. The summed E-state index contributed by atoms with van der Waals surface area (Å²) in [6.07, 6.45) is -0.361. The number of piperazine rings is 1. The second kappa shape index (κ2) is 12.4. The lowest BCUT2D eigenvalue weighted by Gasteiger charge is -2.31. The van der Waals surface area contributed by atoms with Crippen LogP contribution in [-0.2, 0) is 11.2 Å². The number of carbonyl (C=O) groups excluding carboxylic acids is 1. The number of hydrogen-bond donors (Lipinski definition) is 2. The molecule has 1 aliphatic heterocycles. The summed E-state index contributed by atoms with van der Waals surface area (Å²) in [4.78, 5) is 35.8. The van der Waals surface area contributed by atoms with E-state index in [1.807, 2.05) is 38.1 Å². The molecule has 4 rings (SSSR count). The maximum Gasteiger partial charge on any atom is 0.309 e. The molecule has 0 spiro atoms. The predicted molar refractivity (Wildman–Crippen MR) is 143 cm³/mol. The van der Waals surface area contributed by atoms with Crippen LogP contribution in [-0.4, -0.2) is 75.5 Å². The second-order valence-electron chi connectivity index (χ2n) is 8.76. The first-order valence-corrected chi connectivity index (χ1v) is 13.4. The topological polar surface area (TPSA) is 117 Å². The first kappa shape index (κ1) is 26.9. The van der Waals surface area contributed by atoms with Crippen molar-refractivity contribution in [2.75, 3.05) is 38.5 Å². The van der Waals surface area contributed by atoms with Crippen molar-refractivity contribution in [3.63, 3.8) is 0 Å². The van der Waals surface area contributed by atoms with E-state index in [0.717, 1.165) is 42.4 Å². The maximum atomic E-state index is 12.9. The highest BCUT2D eigenvalue weighted by atomic mass is 32.2. The molecule has 0 radical (unpaired) electrons. The minimum absolute atomic E-state index is 0.151. The van der Waals surface area contributed by atoms with Crippen LogP contribution in [0.25, 0.3) is 0 Å². The molecule has 0 saturated carbocycles. The summed E-state index contributed by atoms with van der Waals surface area (Å²) in [6.45, 7) is 7.86. The number of carboxylic acid groups (broad SMARTS) is 1. The fourth-order valence-electron chi connectivity index (χ4n) is 3.45. The van der Waals surface area contributed by atoms with Crippen molar-refractivity contribution < 1.29 is 24.2 Å². The van der Waals surface area contributed by atoms with Gasteiger partial charge in [0.05, 0.1) is 23.8 Å². The Hall–Kier alpha value is -3.19. The third-order valence-corrected chi connectivity index (χ3v) is 7.16. The van der Waals surface area contributed by atoms with Gasteiger partial charge in [0.2, 0.25) is 11.8 Å². The van der Waals surface area contributed by atoms with Crippen LogP contribution in [0.2, 0.25) is 0 Å². The van der Waals surface area contributed by atoms with Crippen LogP contribution in [0.1, 0.15) is 29.9 Å². The number of carbonyl (C=O) groups is 2. The summed E-state index contributed by atoms with van der Waals surface area (Å²) in [5.41, 5.74) is 0.655. The molecule has 1 aliphatic rings. The van der Waals surface area contributed by atoms with Crippen molar-refractivity contribution in [1.82, 2.24) is 19.2 Å². The zero-order valence-electron chi connectivity index (χ0n) is 20.8. The van der Waals surface area contributed by atoms with Crippen LogP contribution in [0.4, 0.5) is 5.13 Å². The highest BCUT2D eigenvalue weighted by molar-refractivity contribution is 7.97. The van der Waals surface area contributed by atoms with E-state index in [1.54, 1.807) is 17.3 Å². The third-order valence-electron chi connectivity index (χ3n) is 5.24. The van der Waals surface area contributed by atoms with E-state index in [4.69, 9.17) is 14.6 Å². The van der Waals surface area contributed by atoms with Crippen molar-refractivity contribution in [3.8, 4) is 17.5 Å². The quantitative estimate of drug-likeness (QED) is 0.359. The zero-order chi connectivity index (χ0) is 26.4. The molecular weight excluding hydrogens is 514 g/mol. The van der Waals surface area contributed by atoms with Crippen LogP contribution in [0, 0.1) is 0 Å². The average Bonchev–Trinajstić information content (AvgIpc) is 3.27. The highest BCUT2D eigenvalue weighted by Gasteiger charge is 2.17. The lowest BCUT2D eigenvalue weighted by atomic mass is 10.2. The van der Waals surface area contributed by atoms with Crippen molar-refractivity contribution in [3.05, 3.63) is 53.0 Å². The Kier molecular flexibility index (Phi) is 8.98. The Balaban J connectivity index is 1.45. The van der Waals surface area contributed by atoms with E-state index in [-0.39, 0.29) is 29.8 Å². The molecule has 196 valence electrons. The number of rotatable bonds is 10. The molecule has 1 saturated heterocycles. The van der Waals surface area contributed by atoms with Gasteiger partial charge < -0.3 is 19.5 Å². The van der Waals surface area contributed by atoms with Crippen LogP contribution in [0.5, 0.6) is 17.5 Å². The average molecular weight is 544 g/mol. The number of thiazole rings is 1. The first-order chi connectivity index (χ1) is 17.7. The molecule has 0 atom stereocenters. The van der Waals surface area contributed by atoms with Crippen molar-refractivity contribution >= 4 is 40.3 Å². The van der Waals surface area contributed by atoms with Crippen molar-refractivity contribution in [2.45, 2.75) is 31.3 Å². The summed E-state index contributed by atoms with van der Waals surface area (Å²) in [5, 5.41) is 13.5. The van der Waals surface area contributed by atoms with Gasteiger partial charge in [0.15, 0.2) is 5.13 Å². The summed E-state index contributed by atoms with van der Waals surface area (Å²) in [7, 11) is 2.13. The number of amides is 1. The Bertz CT molecular complexity index is 1230. The fourth-order valence-corrected chi connectivity index (χ4v) is 5.06. The number of ether oxygens (including phenoxy) is 2. The van der Waals surface area contributed by atoms with Gasteiger partial charge in [-0.1, -0.05) is 0 Å². The number of hydrogen-bond acceptors (Lipinski definition) is 10. The maximum absolute atomic E-state index is 12.9. The van der Waals surface area contributed by atoms with Crippen molar-refractivity contribution in [2.24, 2.45) is 0 Å². The number of nitrogens with zero attached hydrogens (tertiary/aromatic N) is 4. The predicted octanol–water partition coefficient (Wildman–Crippen LogP) is 4.25. The van der Waals surface area contributed by atoms with Crippen LogP contribution in [0.3, 0.4) is 0 Å². The van der Waals surface area contributed by atoms with Gasteiger partial charge in [-0.05, 0) is 57.1 Å². The van der Waals surface area contributed by atoms with Crippen LogP contribution >= 0.6 is 23.3 Å². The van der Waals surface area contributed by atoms with Gasteiger partial charge in [-0.3, -0.25) is 14.9 Å². The smallest absolute Gasteiger partial charge is 0.309 e. The van der Waals surface area contributed by atoms with Gasteiger partial charge in [-0.2, -0.15) is 4.98 Å². The number of aliphatic carboxylic acids is 1. The number of pyridine rings is 1. The Morgan fingerprint density at radius 3 is 2.49 bits per heavy atom. The van der Waals surface area contributed by atoms with E-state index in [0.29, 0.717) is 16.6 Å². The van der Waals surface area contributed by atoms with E-state index in [1.165, 1.54) is 12.1 Å². The molecule has 2 aromatic heterocycles. The van der Waals surface area contributed by atoms with Crippen LogP contribution < -0.4 is 14.8 Å². The molecule has 0 bridgehead atoms. The molecule has 10 nitrogen and oxygen atoms in total. The minimum atomic E-state index is -0.986. The number of aromatic nitrogens is 2. The molecule has 3 aromatic rings. The van der Waals surface area contributed by atoms with Crippen molar-refractivity contribution in [1.29, 1.82) is 0 Å². The fraction of sp³-hybridized carbons (Fsp3) is 0.360. The summed E-state index contributed by atoms with van der Waals surface area (Å²) < 4.78 is 14.0. The standard InChI is InChI=1S/C25H29N5O5S2/c1-16(2)34-21-12-17(24(33)28-25-26-18(15-36-25)14-23(31)32)13-22(27-21)35-19-4-6-20(7-5-19)37-30-10-8-29(3)9-11-30/h4-7,12-13,15-16H,8-11,14H2,1-3H3,(H,31,32)(H,26,28,33). The van der Waals surface area contributed by atoms with Gasteiger partial charge in [-0.15, -0.1) is 11.3 Å². The molecule has 3 heterocycles. The summed E-state index contributed by atoms with van der Waals surface area (Å²) in [6, 6.07) is 10.8.